The Labute approximate surface area is 240 Å². The smallest absolute Gasteiger partial charge is 0.274 e. The van der Waals surface area contributed by atoms with Crippen molar-refractivity contribution in [1.82, 2.24) is 9.97 Å². The fraction of sp³-hybridized carbons (Fsp3) is 0.200. The predicted molar refractivity (Wildman–Crippen MR) is 160 cm³/mol. The first kappa shape index (κ1) is 26.5. The number of methoxy groups -OCH3 is 1. The number of aromatic amines is 2. The molecule has 0 fully saturated rings. The second-order valence-electron chi connectivity index (χ2n) is 9.92. The third-order valence-electron chi connectivity index (χ3n) is 7.24. The van der Waals surface area contributed by atoms with Crippen molar-refractivity contribution in [1.29, 1.82) is 0 Å². The summed E-state index contributed by atoms with van der Waals surface area (Å²) in [6, 6.07) is 17.4. The molecule has 210 valence electrons. The number of anilines is 3. The van der Waals surface area contributed by atoms with Gasteiger partial charge in [-0.1, -0.05) is 0 Å². The molecule has 3 aromatic carbocycles. The minimum atomic E-state index is -0.379. The van der Waals surface area contributed by atoms with Crippen LogP contribution in [0, 0.1) is 0 Å². The van der Waals surface area contributed by atoms with Crippen molar-refractivity contribution in [2.75, 3.05) is 48.7 Å². The molecule has 6 rings (SSSR count). The first-order valence-electron chi connectivity index (χ1n) is 13.0. The highest BCUT2D eigenvalue weighted by Crippen LogP contribution is 2.46. The maximum absolute atomic E-state index is 13.8. The van der Waals surface area contributed by atoms with E-state index in [4.69, 9.17) is 26.8 Å². The number of nitrogen functional groups attached to an aromatic ring is 1. The Hall–Kier alpha value is -4.67. The van der Waals surface area contributed by atoms with Crippen LogP contribution in [0.15, 0.2) is 60.7 Å². The standard InChI is InChI=1S/C30H28ClN5O5/c1-40-8-9-41-20-6-7-22-16(10-20)11-24(34-22)30(39)36-15-17(14-31)27-21-12-23(35-28(21)26(37)13-25(27)36)29(38)33-19-4-2-18(32)3-5-19/h2-7,10-13,17,34-35,37H,8-9,14-15,32H2,1H3,(H,33,38)/t17-/m1/s1. The molecule has 41 heavy (non-hydrogen) atoms. The third kappa shape index (κ3) is 4.92. The first-order chi connectivity index (χ1) is 19.9. The molecule has 11 heteroatoms. The van der Waals surface area contributed by atoms with Crippen molar-refractivity contribution in [2.24, 2.45) is 0 Å². The van der Waals surface area contributed by atoms with E-state index in [0.29, 0.717) is 59.2 Å². The van der Waals surface area contributed by atoms with E-state index in [1.165, 1.54) is 0 Å². The van der Waals surface area contributed by atoms with Gasteiger partial charge in [0.25, 0.3) is 11.8 Å². The molecule has 1 atom stereocenters. The van der Waals surface area contributed by atoms with Crippen molar-refractivity contribution in [3.05, 3.63) is 77.6 Å². The van der Waals surface area contributed by atoms with Crippen molar-refractivity contribution in [2.45, 2.75) is 5.92 Å². The number of ether oxygens (including phenoxy) is 2. The lowest BCUT2D eigenvalue weighted by Gasteiger charge is -2.17. The number of phenolic OH excluding ortho intramolecular Hbond substituents is 1. The minimum Gasteiger partial charge on any atom is -0.506 e. The number of fused-ring (bicyclic) bond motifs is 4. The van der Waals surface area contributed by atoms with Gasteiger partial charge in [-0.15, -0.1) is 11.6 Å². The Morgan fingerprint density at radius 1 is 1.07 bits per heavy atom. The van der Waals surface area contributed by atoms with Gasteiger partial charge in [-0.05, 0) is 60.2 Å². The fourth-order valence-electron chi connectivity index (χ4n) is 5.26. The number of nitrogens with zero attached hydrogens (tertiary/aromatic N) is 1. The normalized spacial score (nSPS) is 14.5. The highest BCUT2D eigenvalue weighted by Gasteiger charge is 2.36. The number of amides is 2. The van der Waals surface area contributed by atoms with Crippen LogP contribution in [0.2, 0.25) is 0 Å². The number of rotatable bonds is 8. The van der Waals surface area contributed by atoms with E-state index in [2.05, 4.69) is 15.3 Å². The second kappa shape index (κ2) is 10.7. The Kier molecular flexibility index (Phi) is 6.94. The topological polar surface area (TPSA) is 146 Å². The van der Waals surface area contributed by atoms with Gasteiger partial charge >= 0.3 is 0 Å². The summed E-state index contributed by atoms with van der Waals surface area (Å²) in [5.41, 5.74) is 10.1. The van der Waals surface area contributed by atoms with Crippen LogP contribution >= 0.6 is 11.6 Å². The highest BCUT2D eigenvalue weighted by atomic mass is 35.5. The largest absolute Gasteiger partial charge is 0.506 e. The number of carbonyl (C=O) groups excluding carboxylic acids is 2. The number of nitrogens with two attached hydrogens (primary N) is 1. The lowest BCUT2D eigenvalue weighted by molar-refractivity contribution is 0.0983. The summed E-state index contributed by atoms with van der Waals surface area (Å²) in [4.78, 5) is 34.6. The van der Waals surface area contributed by atoms with Crippen molar-refractivity contribution in [3.8, 4) is 11.5 Å². The monoisotopic (exact) mass is 573 g/mol. The number of aromatic nitrogens is 2. The summed E-state index contributed by atoms with van der Waals surface area (Å²) in [7, 11) is 1.61. The van der Waals surface area contributed by atoms with E-state index in [9.17, 15) is 14.7 Å². The lowest BCUT2D eigenvalue weighted by Crippen LogP contribution is -2.30. The first-order valence-corrected chi connectivity index (χ1v) is 13.6. The van der Waals surface area contributed by atoms with E-state index >= 15 is 0 Å². The van der Waals surface area contributed by atoms with E-state index < -0.39 is 0 Å². The number of hydrogen-bond donors (Lipinski definition) is 5. The molecule has 0 unspecified atom stereocenters. The quantitative estimate of drug-likeness (QED) is 0.0980. The van der Waals surface area contributed by atoms with Gasteiger partial charge < -0.3 is 40.5 Å². The zero-order valence-electron chi connectivity index (χ0n) is 22.2. The van der Waals surface area contributed by atoms with Crippen molar-refractivity contribution in [3.63, 3.8) is 0 Å². The zero-order chi connectivity index (χ0) is 28.7. The van der Waals surface area contributed by atoms with Crippen LogP contribution in [0.4, 0.5) is 17.1 Å². The summed E-state index contributed by atoms with van der Waals surface area (Å²) >= 11 is 6.38. The number of benzene rings is 3. The Morgan fingerprint density at radius 2 is 1.88 bits per heavy atom. The second-order valence-corrected chi connectivity index (χ2v) is 10.2. The number of hydrogen-bond acceptors (Lipinski definition) is 6. The van der Waals surface area contributed by atoms with Gasteiger partial charge in [0.15, 0.2) is 0 Å². The third-order valence-corrected chi connectivity index (χ3v) is 7.61. The Morgan fingerprint density at radius 3 is 2.63 bits per heavy atom. The van der Waals surface area contributed by atoms with E-state index in [-0.39, 0.29) is 35.1 Å². The molecule has 0 saturated heterocycles. The van der Waals surface area contributed by atoms with Gasteiger partial charge in [0, 0.05) is 59.2 Å². The van der Waals surface area contributed by atoms with E-state index in [1.807, 2.05) is 18.2 Å². The van der Waals surface area contributed by atoms with Crippen molar-refractivity contribution < 1.29 is 24.2 Å². The van der Waals surface area contributed by atoms with Crippen molar-refractivity contribution >= 4 is 62.3 Å². The van der Waals surface area contributed by atoms with Gasteiger partial charge in [-0.3, -0.25) is 9.59 Å². The number of aromatic hydroxyl groups is 1. The summed E-state index contributed by atoms with van der Waals surface area (Å²) in [5, 5.41) is 15.2. The number of alkyl halides is 1. The van der Waals surface area contributed by atoms with Crippen LogP contribution in [0.25, 0.3) is 21.8 Å². The number of nitrogens with one attached hydrogen (secondary N) is 3. The van der Waals surface area contributed by atoms with Crippen LogP contribution < -0.4 is 20.7 Å². The molecular formula is C30H28ClN5O5. The zero-order valence-corrected chi connectivity index (χ0v) is 22.9. The molecule has 0 saturated carbocycles. The van der Waals surface area contributed by atoms with Gasteiger partial charge in [-0.25, -0.2) is 0 Å². The predicted octanol–water partition coefficient (Wildman–Crippen LogP) is 5.20. The average molecular weight is 574 g/mol. The highest BCUT2D eigenvalue weighted by molar-refractivity contribution is 6.19. The summed E-state index contributed by atoms with van der Waals surface area (Å²) in [6.45, 7) is 1.22. The maximum Gasteiger partial charge on any atom is 0.274 e. The van der Waals surface area contributed by atoms with Gasteiger partial charge in [-0.2, -0.15) is 0 Å². The molecule has 0 radical (unpaired) electrons. The lowest BCUT2D eigenvalue weighted by atomic mass is 9.98. The molecule has 5 aromatic rings. The number of halogens is 1. The van der Waals surface area contributed by atoms with Crippen LogP contribution in [-0.4, -0.2) is 59.6 Å². The number of H-pyrrole nitrogens is 2. The fourth-order valence-corrected chi connectivity index (χ4v) is 5.51. The average Bonchev–Trinajstić information content (AvgIpc) is 3.69. The van der Waals surface area contributed by atoms with E-state index in [0.717, 1.165) is 16.5 Å². The van der Waals surface area contributed by atoms with Gasteiger partial charge in [0.05, 0.1) is 17.8 Å². The maximum atomic E-state index is 13.8. The molecule has 0 spiro atoms. The molecule has 6 N–H and O–H groups in total. The summed E-state index contributed by atoms with van der Waals surface area (Å²) in [5.74, 6) is 0.0188. The SMILES string of the molecule is COCCOc1ccc2[nH]c(C(=O)N3C[C@@H](CCl)c4c3cc(O)c3[nH]c(C(=O)Nc5ccc(N)cc5)cc43)cc2c1. The molecule has 0 bridgehead atoms. The summed E-state index contributed by atoms with van der Waals surface area (Å²) < 4.78 is 10.7. The molecule has 2 aromatic heterocycles. The molecule has 10 nitrogen and oxygen atoms in total. The molecule has 3 heterocycles. The van der Waals surface area contributed by atoms with Gasteiger partial charge in [0.2, 0.25) is 0 Å². The minimum absolute atomic E-state index is 0.0761. The van der Waals surface area contributed by atoms with E-state index in [1.54, 1.807) is 54.5 Å². The summed E-state index contributed by atoms with van der Waals surface area (Å²) in [6.07, 6.45) is 0. The van der Waals surface area contributed by atoms with Crippen LogP contribution in [0.1, 0.15) is 32.5 Å². The van der Waals surface area contributed by atoms with Crippen LogP contribution in [-0.2, 0) is 4.74 Å². The Bertz CT molecular complexity index is 1780. The molecule has 1 aliphatic rings. The van der Waals surface area contributed by atoms with Gasteiger partial charge in [0.1, 0.15) is 29.5 Å². The molecule has 2 amide bonds. The molecule has 0 aliphatic carbocycles. The molecule has 1 aliphatic heterocycles. The number of phenols is 1. The van der Waals surface area contributed by atoms with Crippen LogP contribution in [0.5, 0.6) is 11.5 Å². The van der Waals surface area contributed by atoms with Crippen LogP contribution in [0.3, 0.4) is 0 Å². The Balaban J connectivity index is 1.32. The number of carbonyl (C=O) groups is 2. The molecular weight excluding hydrogens is 546 g/mol.